The first-order valence-corrected chi connectivity index (χ1v) is 5.46. The highest BCUT2D eigenvalue weighted by Gasteiger charge is 2.09. The van der Waals surface area contributed by atoms with Gasteiger partial charge in [0.2, 0.25) is 0 Å². The molecular formula is C11H15ClN2O3. The lowest BCUT2D eigenvalue weighted by molar-refractivity contribution is 0.172. The van der Waals surface area contributed by atoms with Crippen molar-refractivity contribution in [1.29, 1.82) is 0 Å². The predicted molar refractivity (Wildman–Crippen MR) is 66.0 cm³/mol. The van der Waals surface area contributed by atoms with E-state index in [1.54, 1.807) is 25.3 Å². The molecule has 0 saturated carbocycles. The van der Waals surface area contributed by atoms with Crippen LogP contribution in [-0.4, -0.2) is 31.4 Å². The Morgan fingerprint density at radius 1 is 1.47 bits per heavy atom. The van der Waals surface area contributed by atoms with E-state index in [0.717, 1.165) is 6.42 Å². The summed E-state index contributed by atoms with van der Waals surface area (Å²) in [5.41, 5.74) is 6.00. The van der Waals surface area contributed by atoms with Crippen molar-refractivity contribution in [3.8, 4) is 5.75 Å². The lowest BCUT2D eigenvalue weighted by Crippen LogP contribution is -2.15. The zero-order valence-corrected chi connectivity index (χ0v) is 10.3. The molecule has 0 radical (unpaired) electrons. The fourth-order valence-electron chi connectivity index (χ4n) is 1.27. The van der Waals surface area contributed by atoms with Crippen molar-refractivity contribution in [3.05, 3.63) is 28.8 Å². The highest BCUT2D eigenvalue weighted by molar-refractivity contribution is 6.31. The summed E-state index contributed by atoms with van der Waals surface area (Å²) in [6, 6.07) is 4.95. The van der Waals surface area contributed by atoms with Gasteiger partial charge < -0.3 is 20.4 Å². The van der Waals surface area contributed by atoms with Gasteiger partial charge in [-0.05, 0) is 18.2 Å². The quantitative estimate of drug-likeness (QED) is 0.268. The maximum Gasteiger partial charge on any atom is 0.173 e. The number of hydrogen-bond acceptors (Lipinski definition) is 4. The molecule has 0 amide bonds. The van der Waals surface area contributed by atoms with Crippen molar-refractivity contribution in [2.45, 2.75) is 6.42 Å². The summed E-state index contributed by atoms with van der Waals surface area (Å²) in [5.74, 6) is 0.495. The summed E-state index contributed by atoms with van der Waals surface area (Å²) in [7, 11) is 1.63. The number of methoxy groups -OCH3 is 1. The second-order valence-corrected chi connectivity index (χ2v) is 3.76. The average Bonchev–Trinajstić information content (AvgIpc) is 2.35. The van der Waals surface area contributed by atoms with Crippen LogP contribution in [0.5, 0.6) is 5.75 Å². The summed E-state index contributed by atoms with van der Waals surface area (Å²) in [6.07, 6.45) is 0.759. The van der Waals surface area contributed by atoms with Crippen LogP contribution in [0.3, 0.4) is 0 Å². The van der Waals surface area contributed by atoms with E-state index in [0.29, 0.717) is 29.5 Å². The number of ether oxygens (including phenoxy) is 2. The molecule has 1 aromatic rings. The number of hydrogen-bond donors (Lipinski definition) is 2. The molecule has 5 nitrogen and oxygen atoms in total. The third-order valence-corrected chi connectivity index (χ3v) is 2.31. The van der Waals surface area contributed by atoms with Crippen LogP contribution >= 0.6 is 11.6 Å². The van der Waals surface area contributed by atoms with Gasteiger partial charge in [0, 0.05) is 25.2 Å². The first kappa shape index (κ1) is 13.6. The van der Waals surface area contributed by atoms with Gasteiger partial charge in [0.15, 0.2) is 5.84 Å². The molecule has 3 N–H and O–H groups in total. The van der Waals surface area contributed by atoms with E-state index in [1.165, 1.54) is 0 Å². The van der Waals surface area contributed by atoms with E-state index in [2.05, 4.69) is 5.16 Å². The molecule has 1 aromatic carbocycles. The Morgan fingerprint density at radius 2 is 2.24 bits per heavy atom. The third-order valence-electron chi connectivity index (χ3n) is 2.08. The van der Waals surface area contributed by atoms with Crippen LogP contribution in [0.25, 0.3) is 0 Å². The van der Waals surface area contributed by atoms with Crippen LogP contribution in [-0.2, 0) is 4.74 Å². The largest absolute Gasteiger partial charge is 0.493 e. The molecule has 0 aromatic heterocycles. The van der Waals surface area contributed by atoms with Gasteiger partial charge in [0.05, 0.1) is 12.2 Å². The van der Waals surface area contributed by atoms with Crippen molar-refractivity contribution in [2.24, 2.45) is 10.9 Å². The molecule has 0 bridgehead atoms. The van der Waals surface area contributed by atoms with Crippen molar-refractivity contribution >= 4 is 17.4 Å². The average molecular weight is 259 g/mol. The normalized spacial score (nSPS) is 11.5. The molecule has 0 atom stereocenters. The van der Waals surface area contributed by atoms with Crippen LogP contribution in [0.15, 0.2) is 23.4 Å². The van der Waals surface area contributed by atoms with E-state index in [9.17, 15) is 0 Å². The maximum atomic E-state index is 8.66. The SMILES string of the molecule is COCCCOc1ccc(Cl)cc1C(N)=NO. The van der Waals surface area contributed by atoms with Gasteiger partial charge in [-0.2, -0.15) is 0 Å². The van der Waals surface area contributed by atoms with Gasteiger partial charge >= 0.3 is 0 Å². The lowest BCUT2D eigenvalue weighted by Gasteiger charge is -2.10. The zero-order valence-electron chi connectivity index (χ0n) is 9.52. The molecular weight excluding hydrogens is 244 g/mol. The van der Waals surface area contributed by atoms with Crippen molar-refractivity contribution in [3.63, 3.8) is 0 Å². The van der Waals surface area contributed by atoms with Gasteiger partial charge in [-0.15, -0.1) is 0 Å². The highest BCUT2D eigenvalue weighted by atomic mass is 35.5. The first-order valence-electron chi connectivity index (χ1n) is 5.08. The number of amidine groups is 1. The van der Waals surface area contributed by atoms with E-state index >= 15 is 0 Å². The molecule has 0 unspecified atom stereocenters. The van der Waals surface area contributed by atoms with E-state index in [4.69, 9.17) is 32.0 Å². The lowest BCUT2D eigenvalue weighted by atomic mass is 10.2. The molecule has 6 heteroatoms. The van der Waals surface area contributed by atoms with E-state index in [-0.39, 0.29) is 5.84 Å². The smallest absolute Gasteiger partial charge is 0.173 e. The number of nitrogens with zero attached hydrogens (tertiary/aromatic N) is 1. The van der Waals surface area contributed by atoms with Crippen molar-refractivity contribution in [1.82, 2.24) is 0 Å². The molecule has 0 fully saturated rings. The molecule has 17 heavy (non-hydrogen) atoms. The number of oxime groups is 1. The topological polar surface area (TPSA) is 77.1 Å². The van der Waals surface area contributed by atoms with Gasteiger partial charge in [0.25, 0.3) is 0 Å². The summed E-state index contributed by atoms with van der Waals surface area (Å²) in [4.78, 5) is 0. The zero-order chi connectivity index (χ0) is 12.7. The molecule has 0 aliphatic rings. The molecule has 1 rings (SSSR count). The second kappa shape index (κ2) is 6.98. The fourth-order valence-corrected chi connectivity index (χ4v) is 1.44. The van der Waals surface area contributed by atoms with E-state index in [1.807, 2.05) is 0 Å². The van der Waals surface area contributed by atoms with Gasteiger partial charge in [-0.25, -0.2) is 0 Å². The summed E-state index contributed by atoms with van der Waals surface area (Å²) in [6.45, 7) is 1.10. The minimum absolute atomic E-state index is 0.0331. The number of rotatable bonds is 6. The van der Waals surface area contributed by atoms with Crippen LogP contribution in [0, 0.1) is 0 Å². The molecule has 0 spiro atoms. The number of benzene rings is 1. The van der Waals surface area contributed by atoms with Crippen LogP contribution < -0.4 is 10.5 Å². The Bertz CT molecular complexity index is 396. The van der Waals surface area contributed by atoms with E-state index < -0.39 is 0 Å². The van der Waals surface area contributed by atoms with Gasteiger partial charge in [-0.3, -0.25) is 0 Å². The Balaban J connectivity index is 2.76. The highest BCUT2D eigenvalue weighted by Crippen LogP contribution is 2.22. The van der Waals surface area contributed by atoms with Crippen LogP contribution in [0.1, 0.15) is 12.0 Å². The second-order valence-electron chi connectivity index (χ2n) is 3.32. The molecule has 0 aliphatic carbocycles. The van der Waals surface area contributed by atoms with Gasteiger partial charge in [0.1, 0.15) is 5.75 Å². The molecule has 0 aliphatic heterocycles. The number of halogens is 1. The Kier molecular flexibility index (Phi) is 5.59. The maximum absolute atomic E-state index is 8.66. The van der Waals surface area contributed by atoms with Crippen LogP contribution in [0.4, 0.5) is 0 Å². The van der Waals surface area contributed by atoms with Crippen molar-refractivity contribution in [2.75, 3.05) is 20.3 Å². The predicted octanol–water partition coefficient (Wildman–Crippen LogP) is 1.85. The molecule has 94 valence electrons. The Hall–Kier alpha value is -1.46. The minimum atomic E-state index is -0.0331. The Labute approximate surface area is 105 Å². The summed E-state index contributed by atoms with van der Waals surface area (Å²) < 4.78 is 10.4. The first-order chi connectivity index (χ1) is 8.19. The Morgan fingerprint density at radius 3 is 2.88 bits per heavy atom. The number of nitrogens with two attached hydrogens (primary N) is 1. The minimum Gasteiger partial charge on any atom is -0.493 e. The summed E-state index contributed by atoms with van der Waals surface area (Å²) in [5, 5.41) is 12.1. The van der Waals surface area contributed by atoms with Crippen LogP contribution in [0.2, 0.25) is 5.02 Å². The standard InChI is InChI=1S/C11H15ClN2O3/c1-16-5-2-6-17-10-4-3-8(12)7-9(10)11(13)14-15/h3-4,7,15H,2,5-6H2,1H3,(H2,13,14). The van der Waals surface area contributed by atoms with Crippen molar-refractivity contribution < 1.29 is 14.7 Å². The third kappa shape index (κ3) is 4.13. The molecule has 0 heterocycles. The summed E-state index contributed by atoms with van der Waals surface area (Å²) >= 11 is 5.83. The monoisotopic (exact) mass is 258 g/mol. The molecule has 0 saturated heterocycles. The van der Waals surface area contributed by atoms with Gasteiger partial charge in [-0.1, -0.05) is 16.8 Å². The fraction of sp³-hybridized carbons (Fsp3) is 0.364.